The number of ether oxygens (including phenoxy) is 1. The predicted octanol–water partition coefficient (Wildman–Crippen LogP) is 0.841. The Labute approximate surface area is 149 Å². The topological polar surface area (TPSA) is 65.0 Å². The summed E-state index contributed by atoms with van der Waals surface area (Å²) in [5.74, 6) is 0.958. The first-order valence-electron chi connectivity index (χ1n) is 9.12. The fourth-order valence-electron chi connectivity index (χ4n) is 4.15. The van der Waals surface area contributed by atoms with Gasteiger partial charge < -0.3 is 15.2 Å². The molecular weight excluding hydrogens is 318 g/mol. The van der Waals surface area contributed by atoms with E-state index in [1.807, 2.05) is 18.2 Å². The summed E-state index contributed by atoms with van der Waals surface area (Å²) in [6, 6.07) is 8.33. The Hall–Kier alpha value is -1.63. The van der Waals surface area contributed by atoms with Gasteiger partial charge in [-0.25, -0.2) is 0 Å². The Morgan fingerprint density at radius 3 is 2.72 bits per heavy atom. The Morgan fingerprint density at radius 2 is 2.04 bits per heavy atom. The summed E-state index contributed by atoms with van der Waals surface area (Å²) < 4.78 is 5.45. The lowest BCUT2D eigenvalue weighted by Crippen LogP contribution is -2.50. The highest BCUT2D eigenvalue weighted by Gasteiger charge is 2.40. The zero-order chi connectivity index (χ0) is 17.8. The number of likely N-dealkylation sites (tertiary alicyclic amines) is 2. The van der Waals surface area contributed by atoms with Crippen molar-refractivity contribution in [2.75, 3.05) is 33.8 Å². The van der Waals surface area contributed by atoms with E-state index in [1.165, 1.54) is 5.56 Å². The number of aliphatic hydroxyl groups excluding tert-OH is 1. The Morgan fingerprint density at radius 1 is 1.32 bits per heavy atom. The number of para-hydroxylation sites is 1. The molecule has 2 atom stereocenters. The van der Waals surface area contributed by atoms with Gasteiger partial charge in [0.2, 0.25) is 5.91 Å². The van der Waals surface area contributed by atoms with Crippen molar-refractivity contribution in [3.05, 3.63) is 29.8 Å². The van der Waals surface area contributed by atoms with Crippen LogP contribution in [-0.4, -0.2) is 72.8 Å². The number of likely N-dealkylation sites (N-methyl/N-ethyl adjacent to an activating group) is 1. The van der Waals surface area contributed by atoms with Gasteiger partial charge in [0.05, 0.1) is 19.3 Å². The first-order chi connectivity index (χ1) is 12.1. The maximum Gasteiger partial charge on any atom is 0.237 e. The van der Waals surface area contributed by atoms with Gasteiger partial charge in [-0.05, 0) is 38.4 Å². The third-order valence-electron chi connectivity index (χ3n) is 5.48. The number of methoxy groups -OCH3 is 1. The molecule has 2 fully saturated rings. The van der Waals surface area contributed by atoms with E-state index < -0.39 is 6.10 Å². The van der Waals surface area contributed by atoms with E-state index in [0.29, 0.717) is 19.0 Å². The molecule has 1 aromatic carbocycles. The van der Waals surface area contributed by atoms with E-state index in [9.17, 15) is 9.90 Å². The van der Waals surface area contributed by atoms with Crippen LogP contribution < -0.4 is 10.1 Å². The van der Waals surface area contributed by atoms with Crippen molar-refractivity contribution in [2.45, 2.75) is 44.0 Å². The molecule has 2 heterocycles. The van der Waals surface area contributed by atoms with Crippen molar-refractivity contribution in [3.8, 4) is 5.75 Å². The van der Waals surface area contributed by atoms with E-state index in [0.717, 1.165) is 38.2 Å². The quantitative estimate of drug-likeness (QED) is 0.826. The van der Waals surface area contributed by atoms with Gasteiger partial charge in [-0.3, -0.25) is 14.6 Å². The first-order valence-corrected chi connectivity index (χ1v) is 9.12. The molecule has 0 aliphatic carbocycles. The van der Waals surface area contributed by atoms with Crippen LogP contribution in [0.25, 0.3) is 0 Å². The largest absolute Gasteiger partial charge is 0.496 e. The van der Waals surface area contributed by atoms with Gasteiger partial charge in [0.1, 0.15) is 5.75 Å². The van der Waals surface area contributed by atoms with E-state index in [-0.39, 0.29) is 11.9 Å². The van der Waals surface area contributed by atoms with Gasteiger partial charge in [-0.15, -0.1) is 0 Å². The molecule has 2 aliphatic rings. The van der Waals surface area contributed by atoms with E-state index in [2.05, 4.69) is 21.2 Å². The number of aliphatic hydroxyl groups is 1. The maximum absolute atomic E-state index is 12.1. The van der Waals surface area contributed by atoms with Crippen LogP contribution in [0.5, 0.6) is 5.75 Å². The first kappa shape index (κ1) is 18.2. The molecule has 0 bridgehead atoms. The summed E-state index contributed by atoms with van der Waals surface area (Å²) in [4.78, 5) is 16.8. The number of piperidine rings is 1. The van der Waals surface area contributed by atoms with Crippen LogP contribution in [0.4, 0.5) is 0 Å². The van der Waals surface area contributed by atoms with E-state index >= 15 is 0 Å². The lowest BCUT2D eigenvalue weighted by Gasteiger charge is -2.38. The summed E-state index contributed by atoms with van der Waals surface area (Å²) in [5.41, 5.74) is 1.21. The minimum absolute atomic E-state index is 0.0213. The van der Waals surface area contributed by atoms with Crippen molar-refractivity contribution in [1.82, 2.24) is 15.1 Å². The molecule has 0 radical (unpaired) electrons. The second-order valence-electron chi connectivity index (χ2n) is 7.04. The molecule has 0 spiro atoms. The van der Waals surface area contributed by atoms with Gasteiger partial charge >= 0.3 is 0 Å². The van der Waals surface area contributed by atoms with Crippen LogP contribution in [0, 0.1) is 0 Å². The van der Waals surface area contributed by atoms with Crippen LogP contribution >= 0.6 is 0 Å². The van der Waals surface area contributed by atoms with Gasteiger partial charge in [0.25, 0.3) is 0 Å². The number of carbonyl (C=O) groups excluding carboxylic acids is 1. The molecule has 2 saturated heterocycles. The number of hydrogen-bond donors (Lipinski definition) is 2. The van der Waals surface area contributed by atoms with Crippen LogP contribution in [0.2, 0.25) is 0 Å². The molecule has 0 unspecified atom stereocenters. The lowest BCUT2D eigenvalue weighted by atomic mass is 10.0. The predicted molar refractivity (Wildman–Crippen MR) is 96.5 cm³/mol. The number of β-amino-alcohol motifs (C(OH)–C–C–N with tert-alkyl or cyclic N) is 1. The van der Waals surface area contributed by atoms with Crippen LogP contribution in [0.15, 0.2) is 24.3 Å². The molecule has 2 N–H and O–H groups in total. The highest BCUT2D eigenvalue weighted by atomic mass is 16.5. The van der Waals surface area contributed by atoms with Gasteiger partial charge in [0.15, 0.2) is 0 Å². The van der Waals surface area contributed by atoms with E-state index in [1.54, 1.807) is 14.2 Å². The van der Waals surface area contributed by atoms with E-state index in [4.69, 9.17) is 4.74 Å². The normalized spacial score (nSPS) is 25.9. The Kier molecular flexibility index (Phi) is 5.93. The number of carbonyl (C=O) groups is 1. The SMILES string of the molecule is CNC(=O)[C@@H]1C[C@@H](O)CN1C1CCN(Cc2ccccc2OC)CC1. The monoisotopic (exact) mass is 347 g/mol. The summed E-state index contributed by atoms with van der Waals surface area (Å²) in [6.45, 7) is 3.49. The molecule has 0 aromatic heterocycles. The highest BCUT2D eigenvalue weighted by molar-refractivity contribution is 5.81. The van der Waals surface area contributed by atoms with Crippen LogP contribution in [0.3, 0.4) is 0 Å². The second kappa shape index (κ2) is 8.17. The molecule has 1 amide bonds. The minimum Gasteiger partial charge on any atom is -0.496 e. The minimum atomic E-state index is -0.395. The Balaban J connectivity index is 1.57. The molecule has 0 saturated carbocycles. The number of hydrogen-bond acceptors (Lipinski definition) is 5. The second-order valence-corrected chi connectivity index (χ2v) is 7.04. The standard InChI is InChI=1S/C19H29N3O3/c1-20-19(24)17-11-16(23)13-22(17)15-7-9-21(10-8-15)12-14-5-3-4-6-18(14)25-2/h3-6,15-17,23H,7-13H2,1-2H3,(H,20,24)/t16-,17+/m1/s1. The average Bonchev–Trinajstić information content (AvgIpc) is 3.04. The van der Waals surface area contributed by atoms with Crippen molar-refractivity contribution >= 4 is 5.91 Å². The van der Waals surface area contributed by atoms with Crippen molar-refractivity contribution in [1.29, 1.82) is 0 Å². The third-order valence-corrected chi connectivity index (χ3v) is 5.48. The number of rotatable bonds is 5. The Bertz CT molecular complexity index is 587. The fourth-order valence-corrected chi connectivity index (χ4v) is 4.15. The summed E-state index contributed by atoms with van der Waals surface area (Å²) in [6.07, 6.45) is 2.19. The smallest absolute Gasteiger partial charge is 0.237 e. The number of nitrogens with one attached hydrogen (secondary N) is 1. The molecule has 6 heteroatoms. The average molecular weight is 347 g/mol. The molecule has 1 aromatic rings. The van der Waals surface area contributed by atoms with Crippen molar-refractivity contribution in [2.24, 2.45) is 0 Å². The number of benzene rings is 1. The molecule has 2 aliphatic heterocycles. The summed E-state index contributed by atoms with van der Waals surface area (Å²) in [7, 11) is 3.38. The van der Waals surface area contributed by atoms with Gasteiger partial charge in [-0.1, -0.05) is 18.2 Å². The molecule has 3 rings (SSSR count). The molecule has 25 heavy (non-hydrogen) atoms. The van der Waals surface area contributed by atoms with Crippen molar-refractivity contribution < 1.29 is 14.6 Å². The molecule has 138 valence electrons. The molecule has 6 nitrogen and oxygen atoms in total. The highest BCUT2D eigenvalue weighted by Crippen LogP contribution is 2.28. The fraction of sp³-hybridized carbons (Fsp3) is 0.632. The number of nitrogens with zero attached hydrogens (tertiary/aromatic N) is 2. The third kappa shape index (κ3) is 4.14. The lowest BCUT2D eigenvalue weighted by molar-refractivity contribution is -0.126. The summed E-state index contributed by atoms with van der Waals surface area (Å²) in [5, 5.41) is 12.7. The summed E-state index contributed by atoms with van der Waals surface area (Å²) >= 11 is 0. The van der Waals surface area contributed by atoms with Crippen molar-refractivity contribution in [3.63, 3.8) is 0 Å². The maximum atomic E-state index is 12.1. The van der Waals surface area contributed by atoms with Crippen LogP contribution in [-0.2, 0) is 11.3 Å². The zero-order valence-electron chi connectivity index (χ0n) is 15.1. The number of amides is 1. The van der Waals surface area contributed by atoms with Gasteiger partial charge in [0, 0.05) is 31.7 Å². The van der Waals surface area contributed by atoms with Gasteiger partial charge in [-0.2, -0.15) is 0 Å². The zero-order valence-corrected chi connectivity index (χ0v) is 15.1. The molecular formula is C19H29N3O3. The van der Waals surface area contributed by atoms with Crippen LogP contribution in [0.1, 0.15) is 24.8 Å².